The Bertz CT molecular complexity index is 570. The number of likely N-dealkylation sites (N-methyl/N-ethyl adjacent to an activating group) is 1. The van der Waals surface area contributed by atoms with Crippen molar-refractivity contribution in [3.05, 3.63) is 6.33 Å². The highest BCUT2D eigenvalue weighted by Crippen LogP contribution is 2.34. The fourth-order valence-electron chi connectivity index (χ4n) is 2.38. The Morgan fingerprint density at radius 3 is 2.95 bits per heavy atom. The number of nitrogen functional groups attached to an aromatic ring is 1. The average molecular weight is 261 g/mol. The third kappa shape index (κ3) is 2.46. The fraction of sp³-hybridized carbons (Fsp3) is 0.583. The molecule has 1 atom stereocenters. The van der Waals surface area contributed by atoms with Crippen LogP contribution < -0.4 is 11.1 Å². The van der Waals surface area contributed by atoms with Gasteiger partial charge in [0.1, 0.15) is 5.52 Å². The van der Waals surface area contributed by atoms with Crippen LogP contribution in [0.15, 0.2) is 6.33 Å². The maximum Gasteiger partial charge on any atom is 0.226 e. The van der Waals surface area contributed by atoms with Crippen LogP contribution in [0.25, 0.3) is 11.2 Å². The van der Waals surface area contributed by atoms with Crippen molar-refractivity contribution in [2.24, 2.45) is 5.92 Å². The van der Waals surface area contributed by atoms with Crippen molar-refractivity contribution < 1.29 is 0 Å². The Labute approximate surface area is 111 Å². The second-order valence-electron chi connectivity index (χ2n) is 5.28. The minimum Gasteiger partial charge on any atom is -0.382 e. The fourth-order valence-corrected chi connectivity index (χ4v) is 2.38. The van der Waals surface area contributed by atoms with Crippen LogP contribution in [0.5, 0.6) is 0 Å². The molecular weight excluding hydrogens is 242 g/mol. The van der Waals surface area contributed by atoms with Gasteiger partial charge in [0.05, 0.1) is 6.33 Å². The molecule has 2 heterocycles. The minimum atomic E-state index is 0.429. The van der Waals surface area contributed by atoms with Crippen molar-refractivity contribution in [3.63, 3.8) is 0 Å². The summed E-state index contributed by atoms with van der Waals surface area (Å²) in [7, 11) is 4.22. The number of fused-ring (bicyclic) bond motifs is 1. The van der Waals surface area contributed by atoms with E-state index in [9.17, 15) is 0 Å². The third-order valence-corrected chi connectivity index (χ3v) is 3.61. The molecule has 3 rings (SSSR count). The molecule has 0 aromatic carbocycles. The quantitative estimate of drug-likeness (QED) is 0.733. The predicted molar refractivity (Wildman–Crippen MR) is 74.8 cm³/mol. The first-order chi connectivity index (χ1) is 9.15. The van der Waals surface area contributed by atoms with Crippen LogP contribution in [0, 0.1) is 5.92 Å². The molecule has 0 amide bonds. The largest absolute Gasteiger partial charge is 0.382 e. The van der Waals surface area contributed by atoms with Gasteiger partial charge in [0.2, 0.25) is 5.95 Å². The normalized spacial score (nSPS) is 17.0. The van der Waals surface area contributed by atoms with Crippen LogP contribution in [-0.4, -0.2) is 51.5 Å². The third-order valence-electron chi connectivity index (χ3n) is 3.61. The highest BCUT2D eigenvalue weighted by atomic mass is 15.2. The molecular formula is C12H19N7. The van der Waals surface area contributed by atoms with Crippen LogP contribution in [0.4, 0.5) is 11.8 Å². The Morgan fingerprint density at radius 1 is 1.47 bits per heavy atom. The van der Waals surface area contributed by atoms with E-state index in [2.05, 4.69) is 44.2 Å². The van der Waals surface area contributed by atoms with E-state index >= 15 is 0 Å². The second-order valence-corrected chi connectivity index (χ2v) is 5.28. The summed E-state index contributed by atoms with van der Waals surface area (Å²) >= 11 is 0. The lowest BCUT2D eigenvalue weighted by Gasteiger charge is -2.24. The minimum absolute atomic E-state index is 0.429. The van der Waals surface area contributed by atoms with E-state index in [0.29, 0.717) is 29.0 Å². The SMILES string of the molecule is CN(C)C(CNc1nc(N)c2[nH]cnc2n1)C1CC1. The van der Waals surface area contributed by atoms with Crippen molar-refractivity contribution in [2.45, 2.75) is 18.9 Å². The molecule has 7 heteroatoms. The first-order valence-electron chi connectivity index (χ1n) is 6.52. The lowest BCUT2D eigenvalue weighted by molar-refractivity contribution is 0.276. The Balaban J connectivity index is 1.73. The van der Waals surface area contributed by atoms with Gasteiger partial charge >= 0.3 is 0 Å². The average Bonchev–Trinajstić information content (AvgIpc) is 3.06. The van der Waals surface area contributed by atoms with Gasteiger partial charge in [-0.3, -0.25) is 0 Å². The molecule has 0 radical (unpaired) electrons. The van der Waals surface area contributed by atoms with Gasteiger partial charge in [0.15, 0.2) is 11.5 Å². The maximum atomic E-state index is 5.87. The summed E-state index contributed by atoms with van der Waals surface area (Å²) < 4.78 is 0. The van der Waals surface area contributed by atoms with Gasteiger partial charge in [-0.15, -0.1) is 0 Å². The highest BCUT2D eigenvalue weighted by Gasteiger charge is 2.32. The van der Waals surface area contributed by atoms with Crippen LogP contribution >= 0.6 is 0 Å². The summed E-state index contributed by atoms with van der Waals surface area (Å²) in [5.74, 6) is 1.76. The van der Waals surface area contributed by atoms with E-state index in [1.165, 1.54) is 12.8 Å². The maximum absolute atomic E-state index is 5.87. The number of hydrogen-bond acceptors (Lipinski definition) is 6. The number of nitrogens with two attached hydrogens (primary N) is 1. The van der Waals surface area contributed by atoms with Gasteiger partial charge in [0.25, 0.3) is 0 Å². The van der Waals surface area contributed by atoms with Crippen LogP contribution in [0.1, 0.15) is 12.8 Å². The molecule has 2 aromatic rings. The Hall–Kier alpha value is -1.89. The van der Waals surface area contributed by atoms with Gasteiger partial charge in [-0.2, -0.15) is 9.97 Å². The van der Waals surface area contributed by atoms with E-state index in [1.54, 1.807) is 6.33 Å². The Kier molecular flexibility index (Phi) is 2.98. The molecule has 0 saturated heterocycles. The first kappa shape index (κ1) is 12.2. The van der Waals surface area contributed by atoms with Crippen molar-refractivity contribution in [1.82, 2.24) is 24.8 Å². The molecule has 4 N–H and O–H groups in total. The zero-order valence-corrected chi connectivity index (χ0v) is 11.2. The smallest absolute Gasteiger partial charge is 0.226 e. The molecule has 0 aliphatic heterocycles. The summed E-state index contributed by atoms with van der Waals surface area (Å²) in [6, 6.07) is 0.514. The van der Waals surface area contributed by atoms with Crippen molar-refractivity contribution in [1.29, 1.82) is 0 Å². The van der Waals surface area contributed by atoms with Gasteiger partial charge in [0, 0.05) is 12.6 Å². The highest BCUT2D eigenvalue weighted by molar-refractivity contribution is 5.82. The predicted octanol–water partition coefficient (Wildman–Crippen LogP) is 0.687. The van der Waals surface area contributed by atoms with E-state index < -0.39 is 0 Å². The number of rotatable bonds is 5. The van der Waals surface area contributed by atoms with Gasteiger partial charge in [-0.05, 0) is 32.9 Å². The molecule has 1 aliphatic carbocycles. The number of hydrogen-bond donors (Lipinski definition) is 3. The van der Waals surface area contributed by atoms with Crippen molar-refractivity contribution >= 4 is 22.9 Å². The number of aromatic nitrogens is 4. The van der Waals surface area contributed by atoms with Crippen LogP contribution in [-0.2, 0) is 0 Å². The summed E-state index contributed by atoms with van der Waals surface area (Å²) in [6.07, 6.45) is 4.20. The Morgan fingerprint density at radius 2 is 2.26 bits per heavy atom. The molecule has 0 bridgehead atoms. The topological polar surface area (TPSA) is 95.8 Å². The molecule has 1 saturated carbocycles. The summed E-state index contributed by atoms with van der Waals surface area (Å²) in [6.45, 7) is 0.826. The lowest BCUT2D eigenvalue weighted by atomic mass is 10.1. The molecule has 19 heavy (non-hydrogen) atoms. The number of aromatic amines is 1. The van der Waals surface area contributed by atoms with Crippen molar-refractivity contribution in [2.75, 3.05) is 31.7 Å². The van der Waals surface area contributed by atoms with E-state index in [1.807, 2.05) is 0 Å². The van der Waals surface area contributed by atoms with Crippen LogP contribution in [0.3, 0.4) is 0 Å². The van der Waals surface area contributed by atoms with E-state index in [0.717, 1.165) is 12.5 Å². The molecule has 1 unspecified atom stereocenters. The standard InChI is InChI=1S/C12H19N7/c1-19(2)8(7-3-4-7)5-14-12-17-10(13)9-11(18-12)16-6-15-9/h6-8H,3-5H2,1-2H3,(H4,13,14,15,16,17,18). The first-order valence-corrected chi connectivity index (χ1v) is 6.52. The molecule has 2 aromatic heterocycles. The number of nitrogens with zero attached hydrogens (tertiary/aromatic N) is 4. The number of nitrogens with one attached hydrogen (secondary N) is 2. The summed E-state index contributed by atoms with van der Waals surface area (Å²) in [5.41, 5.74) is 7.16. The van der Waals surface area contributed by atoms with Gasteiger partial charge in [-0.25, -0.2) is 4.98 Å². The van der Waals surface area contributed by atoms with Gasteiger partial charge < -0.3 is 20.9 Å². The van der Waals surface area contributed by atoms with E-state index in [4.69, 9.17) is 5.73 Å². The molecule has 1 aliphatic rings. The lowest BCUT2D eigenvalue weighted by Crippen LogP contribution is -2.36. The molecule has 7 nitrogen and oxygen atoms in total. The van der Waals surface area contributed by atoms with Crippen molar-refractivity contribution in [3.8, 4) is 0 Å². The summed E-state index contributed by atoms with van der Waals surface area (Å²) in [4.78, 5) is 17.9. The van der Waals surface area contributed by atoms with Crippen LogP contribution in [0.2, 0.25) is 0 Å². The van der Waals surface area contributed by atoms with E-state index in [-0.39, 0.29) is 0 Å². The number of imidazole rings is 1. The number of anilines is 2. The second kappa shape index (κ2) is 4.65. The summed E-state index contributed by atoms with van der Waals surface area (Å²) in [5, 5.41) is 3.27. The molecule has 1 fully saturated rings. The number of H-pyrrole nitrogens is 1. The van der Waals surface area contributed by atoms with Gasteiger partial charge in [-0.1, -0.05) is 0 Å². The molecule has 0 spiro atoms. The molecule has 102 valence electrons. The monoisotopic (exact) mass is 261 g/mol. The zero-order chi connectivity index (χ0) is 13.4. The zero-order valence-electron chi connectivity index (χ0n) is 11.2.